The predicted octanol–water partition coefficient (Wildman–Crippen LogP) is 2.74. The van der Waals surface area contributed by atoms with Crippen LogP contribution in [0.1, 0.15) is 17.4 Å². The van der Waals surface area contributed by atoms with E-state index in [-0.39, 0.29) is 5.56 Å². The van der Waals surface area contributed by atoms with Gasteiger partial charge in [0.15, 0.2) is 0 Å². The lowest BCUT2D eigenvalue weighted by atomic mass is 10.1. The number of rotatable bonds is 3. The zero-order valence-corrected chi connectivity index (χ0v) is 10.6. The van der Waals surface area contributed by atoms with Crippen molar-refractivity contribution in [1.82, 2.24) is 4.57 Å². The molecular formula is C14H11F4NO2. The molecule has 21 heavy (non-hydrogen) atoms. The topological polar surface area (TPSA) is 42.2 Å². The lowest BCUT2D eigenvalue weighted by Crippen LogP contribution is -2.29. The Morgan fingerprint density at radius 2 is 1.76 bits per heavy atom. The maximum absolute atomic E-state index is 13.5. The van der Waals surface area contributed by atoms with Crippen LogP contribution in [0.25, 0.3) is 0 Å². The van der Waals surface area contributed by atoms with Crippen LogP contribution in [0.4, 0.5) is 17.6 Å². The Labute approximate surface area is 117 Å². The minimum absolute atomic E-state index is 0.165. The molecule has 0 saturated carbocycles. The largest absolute Gasteiger partial charge is 0.431 e. The molecule has 1 atom stereocenters. The van der Waals surface area contributed by atoms with Crippen LogP contribution < -0.4 is 5.56 Å². The second-order valence-electron chi connectivity index (χ2n) is 4.39. The molecule has 112 valence electrons. The van der Waals surface area contributed by atoms with Gasteiger partial charge in [-0.15, -0.1) is 0 Å². The Morgan fingerprint density at radius 1 is 1.10 bits per heavy atom. The first-order valence-electron chi connectivity index (χ1n) is 6.00. The number of aliphatic hydroxyl groups is 1. The number of benzene rings is 1. The molecule has 1 N–H and O–H groups in total. The highest BCUT2D eigenvalue weighted by atomic mass is 19.4. The van der Waals surface area contributed by atoms with Gasteiger partial charge in [-0.2, -0.15) is 13.2 Å². The Bertz CT molecular complexity index is 694. The van der Waals surface area contributed by atoms with Crippen LogP contribution >= 0.6 is 0 Å². The van der Waals surface area contributed by atoms with Gasteiger partial charge in [0, 0.05) is 11.6 Å². The van der Waals surface area contributed by atoms with Gasteiger partial charge in [0.25, 0.3) is 5.56 Å². The van der Waals surface area contributed by atoms with Gasteiger partial charge >= 0.3 is 6.18 Å². The summed E-state index contributed by atoms with van der Waals surface area (Å²) in [6.45, 7) is -0.685. The molecule has 2 rings (SSSR count). The molecule has 1 heterocycles. The molecule has 2 aromatic rings. The van der Waals surface area contributed by atoms with E-state index in [1.807, 2.05) is 0 Å². The Balaban J connectivity index is 2.41. The van der Waals surface area contributed by atoms with E-state index in [1.165, 1.54) is 18.2 Å². The fourth-order valence-corrected chi connectivity index (χ4v) is 1.97. The molecule has 1 aromatic heterocycles. The third-order valence-corrected chi connectivity index (χ3v) is 2.96. The van der Waals surface area contributed by atoms with E-state index < -0.39 is 35.9 Å². The highest BCUT2D eigenvalue weighted by Crippen LogP contribution is 2.29. The molecule has 3 nitrogen and oxygen atoms in total. The van der Waals surface area contributed by atoms with Crippen molar-refractivity contribution in [2.24, 2.45) is 0 Å². The standard InChI is InChI=1S/C14H11F4NO2/c15-10-5-2-1-4-9(10)11(20)8-19-12(14(16,17)18)6-3-7-13(19)21/h1-7,11,20H,8H2. The summed E-state index contributed by atoms with van der Waals surface area (Å²) in [5, 5.41) is 9.90. The van der Waals surface area contributed by atoms with Crippen molar-refractivity contribution in [3.63, 3.8) is 0 Å². The lowest BCUT2D eigenvalue weighted by Gasteiger charge is -2.18. The van der Waals surface area contributed by atoms with Gasteiger partial charge in [0.1, 0.15) is 11.5 Å². The van der Waals surface area contributed by atoms with Crippen LogP contribution in [0, 0.1) is 5.82 Å². The third kappa shape index (κ3) is 3.30. The van der Waals surface area contributed by atoms with Crippen LogP contribution in [0.5, 0.6) is 0 Å². The third-order valence-electron chi connectivity index (χ3n) is 2.96. The van der Waals surface area contributed by atoms with Gasteiger partial charge in [0.2, 0.25) is 0 Å². The van der Waals surface area contributed by atoms with Crippen molar-refractivity contribution in [2.75, 3.05) is 0 Å². The van der Waals surface area contributed by atoms with E-state index in [9.17, 15) is 27.5 Å². The summed E-state index contributed by atoms with van der Waals surface area (Å²) in [6.07, 6.45) is -6.30. The Hall–Kier alpha value is -2.15. The molecule has 0 radical (unpaired) electrons. The summed E-state index contributed by atoms with van der Waals surface area (Å²) >= 11 is 0. The molecular weight excluding hydrogens is 290 g/mol. The predicted molar refractivity (Wildman–Crippen MR) is 67.1 cm³/mol. The average molecular weight is 301 g/mol. The van der Waals surface area contributed by atoms with Gasteiger partial charge in [-0.25, -0.2) is 4.39 Å². The zero-order valence-electron chi connectivity index (χ0n) is 10.6. The molecule has 0 fully saturated rings. The number of halogens is 4. The van der Waals surface area contributed by atoms with Crippen molar-refractivity contribution in [1.29, 1.82) is 0 Å². The van der Waals surface area contributed by atoms with Gasteiger partial charge in [-0.05, 0) is 12.1 Å². The first-order valence-corrected chi connectivity index (χ1v) is 6.00. The van der Waals surface area contributed by atoms with E-state index in [4.69, 9.17) is 0 Å². The van der Waals surface area contributed by atoms with Crippen molar-refractivity contribution < 1.29 is 22.7 Å². The Kier molecular flexibility index (Phi) is 4.13. The lowest BCUT2D eigenvalue weighted by molar-refractivity contribution is -0.144. The minimum Gasteiger partial charge on any atom is -0.386 e. The second kappa shape index (κ2) is 5.69. The summed E-state index contributed by atoms with van der Waals surface area (Å²) in [5.74, 6) is -0.748. The SMILES string of the molecule is O=c1cccc(C(F)(F)F)n1CC(O)c1ccccc1F. The zero-order chi connectivity index (χ0) is 15.6. The summed E-state index contributed by atoms with van der Waals surface area (Å²) in [7, 11) is 0. The van der Waals surface area contributed by atoms with Crippen molar-refractivity contribution in [3.8, 4) is 0 Å². The van der Waals surface area contributed by atoms with Gasteiger partial charge in [-0.3, -0.25) is 4.79 Å². The maximum Gasteiger partial charge on any atom is 0.431 e. The van der Waals surface area contributed by atoms with E-state index in [0.717, 1.165) is 24.3 Å². The van der Waals surface area contributed by atoms with Crippen LogP contribution in [0.2, 0.25) is 0 Å². The maximum atomic E-state index is 13.5. The molecule has 0 spiro atoms. The Morgan fingerprint density at radius 3 is 2.38 bits per heavy atom. The monoisotopic (exact) mass is 301 g/mol. The number of alkyl halides is 3. The molecule has 0 saturated heterocycles. The van der Waals surface area contributed by atoms with Gasteiger partial charge < -0.3 is 9.67 Å². The first-order chi connectivity index (χ1) is 9.80. The van der Waals surface area contributed by atoms with E-state index in [2.05, 4.69) is 0 Å². The summed E-state index contributed by atoms with van der Waals surface area (Å²) in [4.78, 5) is 11.6. The number of pyridine rings is 1. The molecule has 1 unspecified atom stereocenters. The number of nitrogens with zero attached hydrogens (tertiary/aromatic N) is 1. The summed E-state index contributed by atoms with van der Waals surface area (Å²) in [6, 6.07) is 7.83. The average Bonchev–Trinajstić information content (AvgIpc) is 2.40. The molecule has 1 aromatic carbocycles. The number of aliphatic hydroxyl groups excluding tert-OH is 1. The van der Waals surface area contributed by atoms with E-state index in [0.29, 0.717) is 4.57 Å². The van der Waals surface area contributed by atoms with Crippen molar-refractivity contribution >= 4 is 0 Å². The van der Waals surface area contributed by atoms with Gasteiger partial charge in [-0.1, -0.05) is 24.3 Å². The summed E-state index contributed by atoms with van der Waals surface area (Å²) < 4.78 is 52.4. The highest BCUT2D eigenvalue weighted by Gasteiger charge is 2.34. The number of aromatic nitrogens is 1. The van der Waals surface area contributed by atoms with Crippen LogP contribution in [0.3, 0.4) is 0 Å². The fourth-order valence-electron chi connectivity index (χ4n) is 1.97. The fraction of sp³-hybridized carbons (Fsp3) is 0.214. The van der Waals surface area contributed by atoms with E-state index >= 15 is 0 Å². The van der Waals surface area contributed by atoms with Gasteiger partial charge in [0.05, 0.1) is 12.6 Å². The minimum atomic E-state index is -4.74. The molecule has 7 heteroatoms. The van der Waals surface area contributed by atoms with Crippen LogP contribution in [-0.4, -0.2) is 9.67 Å². The number of hydrogen-bond acceptors (Lipinski definition) is 2. The molecule has 0 aliphatic heterocycles. The first kappa shape index (κ1) is 15.2. The second-order valence-corrected chi connectivity index (χ2v) is 4.39. The van der Waals surface area contributed by atoms with Crippen molar-refractivity contribution in [3.05, 3.63) is 69.9 Å². The molecule has 0 amide bonds. The molecule has 0 aliphatic rings. The van der Waals surface area contributed by atoms with Crippen LogP contribution in [-0.2, 0) is 12.7 Å². The molecule has 0 bridgehead atoms. The smallest absolute Gasteiger partial charge is 0.386 e. The summed E-state index contributed by atoms with van der Waals surface area (Å²) in [5.41, 5.74) is -2.27. The quantitative estimate of drug-likeness (QED) is 0.886. The van der Waals surface area contributed by atoms with Crippen molar-refractivity contribution in [2.45, 2.75) is 18.8 Å². The number of hydrogen-bond donors (Lipinski definition) is 1. The molecule has 0 aliphatic carbocycles. The van der Waals surface area contributed by atoms with E-state index in [1.54, 1.807) is 0 Å². The highest BCUT2D eigenvalue weighted by molar-refractivity contribution is 5.20. The van der Waals surface area contributed by atoms with Crippen LogP contribution in [0.15, 0.2) is 47.3 Å². The normalized spacial score (nSPS) is 13.2.